The molecule has 2 rings (SSSR count). The van der Waals surface area contributed by atoms with Crippen LogP contribution in [0, 0.1) is 5.92 Å². The first-order valence-corrected chi connectivity index (χ1v) is 6.09. The molecule has 3 nitrogen and oxygen atoms in total. The van der Waals surface area contributed by atoms with Gasteiger partial charge in [-0.15, -0.1) is 0 Å². The fourth-order valence-electron chi connectivity index (χ4n) is 2.09. The molecule has 4 heteroatoms. The van der Waals surface area contributed by atoms with Crippen LogP contribution in [0.1, 0.15) is 25.5 Å². The molecule has 1 aromatic rings. The monoisotopic (exact) mass is 235 g/mol. The first-order valence-electron chi connectivity index (χ1n) is 5.68. The van der Waals surface area contributed by atoms with Crippen LogP contribution in [-0.2, 0) is 0 Å². The second-order valence-corrected chi connectivity index (χ2v) is 4.84. The third kappa shape index (κ3) is 2.32. The summed E-state index contributed by atoms with van der Waals surface area (Å²) in [6.07, 6.45) is 4.20. The Balaban J connectivity index is 2.23. The van der Waals surface area contributed by atoms with Gasteiger partial charge >= 0.3 is 0 Å². The van der Waals surface area contributed by atoms with Gasteiger partial charge in [0.2, 0.25) is 0 Å². The van der Waals surface area contributed by atoms with Gasteiger partial charge in [0.25, 0.3) is 0 Å². The van der Waals surface area contributed by atoms with Gasteiger partial charge in [-0.1, -0.05) is 19.1 Å². The maximum Gasteiger partial charge on any atom is 0.124 e. The molecule has 0 bridgehead atoms. The van der Waals surface area contributed by atoms with Crippen molar-refractivity contribution in [3.8, 4) is 0 Å². The molecule has 2 heterocycles. The number of nitrogens with two attached hydrogens (primary N) is 1. The lowest BCUT2D eigenvalue weighted by molar-refractivity contribution is 0.438. The van der Waals surface area contributed by atoms with Crippen molar-refractivity contribution in [2.24, 2.45) is 11.7 Å². The number of aromatic nitrogens is 1. The summed E-state index contributed by atoms with van der Waals surface area (Å²) >= 11 is 5.03. The number of thiocarbonyl (C=S) groups is 1. The van der Waals surface area contributed by atoms with Crippen LogP contribution in [-0.4, -0.2) is 23.1 Å². The number of pyridine rings is 1. The molecule has 1 saturated heterocycles. The van der Waals surface area contributed by atoms with Crippen LogP contribution in [0.2, 0.25) is 0 Å². The Morgan fingerprint density at radius 1 is 1.50 bits per heavy atom. The number of nitrogens with zero attached hydrogens (tertiary/aromatic N) is 2. The Morgan fingerprint density at radius 3 is 2.81 bits per heavy atom. The standard InChI is InChI=1S/C12H17N3S/c1-9-4-7-15(8-5-9)10-3-2-6-14-11(10)12(13)16/h2-3,6,9H,4-5,7-8H2,1H3,(H2,13,16). The average Bonchev–Trinajstić information content (AvgIpc) is 2.30. The lowest BCUT2D eigenvalue weighted by Crippen LogP contribution is -2.34. The van der Waals surface area contributed by atoms with E-state index in [0.29, 0.717) is 4.99 Å². The Bertz CT molecular complexity index is 384. The van der Waals surface area contributed by atoms with E-state index in [4.69, 9.17) is 18.0 Å². The summed E-state index contributed by atoms with van der Waals surface area (Å²) in [5.41, 5.74) is 7.53. The van der Waals surface area contributed by atoms with Crippen LogP contribution in [0.5, 0.6) is 0 Å². The van der Waals surface area contributed by atoms with Crippen molar-refractivity contribution < 1.29 is 0 Å². The molecule has 0 saturated carbocycles. The lowest BCUT2D eigenvalue weighted by Gasteiger charge is -2.32. The number of piperidine rings is 1. The fourth-order valence-corrected chi connectivity index (χ4v) is 2.25. The summed E-state index contributed by atoms with van der Waals surface area (Å²) in [7, 11) is 0. The zero-order chi connectivity index (χ0) is 11.5. The zero-order valence-corrected chi connectivity index (χ0v) is 10.3. The third-order valence-corrected chi connectivity index (χ3v) is 3.34. The molecule has 1 aromatic heterocycles. The first kappa shape index (κ1) is 11.3. The SMILES string of the molecule is CC1CCN(c2cccnc2C(N)=S)CC1. The Hall–Kier alpha value is -1.16. The summed E-state index contributed by atoms with van der Waals surface area (Å²) in [5.74, 6) is 0.821. The minimum atomic E-state index is 0.384. The van der Waals surface area contributed by atoms with Crippen molar-refractivity contribution in [3.63, 3.8) is 0 Å². The Labute approximate surface area is 102 Å². The van der Waals surface area contributed by atoms with Gasteiger partial charge in [0.05, 0.1) is 5.69 Å². The molecule has 86 valence electrons. The van der Waals surface area contributed by atoms with E-state index in [9.17, 15) is 0 Å². The van der Waals surface area contributed by atoms with Gasteiger partial charge in [-0.25, -0.2) is 0 Å². The highest BCUT2D eigenvalue weighted by atomic mass is 32.1. The zero-order valence-electron chi connectivity index (χ0n) is 9.52. The van der Waals surface area contributed by atoms with Crippen molar-refractivity contribution in [3.05, 3.63) is 24.0 Å². The summed E-state index contributed by atoms with van der Waals surface area (Å²) in [4.78, 5) is 6.98. The highest BCUT2D eigenvalue weighted by molar-refractivity contribution is 7.80. The molecule has 2 N–H and O–H groups in total. The van der Waals surface area contributed by atoms with E-state index in [-0.39, 0.29) is 0 Å². The summed E-state index contributed by atoms with van der Waals surface area (Å²) in [6.45, 7) is 4.44. The second kappa shape index (κ2) is 4.78. The highest BCUT2D eigenvalue weighted by Crippen LogP contribution is 2.24. The molecule has 0 atom stereocenters. The van der Waals surface area contributed by atoms with Crippen molar-refractivity contribution in [2.75, 3.05) is 18.0 Å². The lowest BCUT2D eigenvalue weighted by atomic mass is 9.98. The predicted octanol–water partition coefficient (Wildman–Crippen LogP) is 1.95. The van der Waals surface area contributed by atoms with Gasteiger partial charge < -0.3 is 10.6 Å². The topological polar surface area (TPSA) is 42.2 Å². The molecule has 0 amide bonds. The normalized spacial score (nSPS) is 17.4. The van der Waals surface area contributed by atoms with E-state index in [1.54, 1.807) is 6.20 Å². The Morgan fingerprint density at radius 2 is 2.19 bits per heavy atom. The van der Waals surface area contributed by atoms with E-state index in [1.807, 2.05) is 6.07 Å². The number of hydrogen-bond donors (Lipinski definition) is 1. The molecule has 0 spiro atoms. The second-order valence-electron chi connectivity index (χ2n) is 4.40. The highest BCUT2D eigenvalue weighted by Gasteiger charge is 2.19. The van der Waals surface area contributed by atoms with Gasteiger partial charge in [-0.05, 0) is 30.9 Å². The molecule has 1 fully saturated rings. The molecule has 16 heavy (non-hydrogen) atoms. The van der Waals surface area contributed by atoms with Gasteiger partial charge in [0.1, 0.15) is 10.7 Å². The van der Waals surface area contributed by atoms with E-state index >= 15 is 0 Å². The van der Waals surface area contributed by atoms with E-state index in [0.717, 1.165) is 30.4 Å². The Kier molecular flexibility index (Phi) is 3.39. The molecule has 0 aliphatic carbocycles. The van der Waals surface area contributed by atoms with Crippen molar-refractivity contribution >= 4 is 22.9 Å². The summed E-state index contributed by atoms with van der Waals surface area (Å²) < 4.78 is 0. The van der Waals surface area contributed by atoms with E-state index in [1.165, 1.54) is 12.8 Å². The smallest absolute Gasteiger partial charge is 0.124 e. The van der Waals surface area contributed by atoms with E-state index in [2.05, 4.69) is 22.9 Å². The van der Waals surface area contributed by atoms with Crippen LogP contribution >= 0.6 is 12.2 Å². The van der Waals surface area contributed by atoms with Crippen molar-refractivity contribution in [2.45, 2.75) is 19.8 Å². The maximum absolute atomic E-state index is 5.69. The molecule has 0 unspecified atom stereocenters. The molecule has 0 radical (unpaired) electrons. The molecular weight excluding hydrogens is 218 g/mol. The minimum absolute atomic E-state index is 0.384. The molecular formula is C12H17N3S. The predicted molar refractivity (Wildman–Crippen MR) is 70.7 cm³/mol. The molecule has 1 aliphatic rings. The van der Waals surface area contributed by atoms with Gasteiger partial charge in [-0.2, -0.15) is 0 Å². The average molecular weight is 235 g/mol. The fraction of sp³-hybridized carbons (Fsp3) is 0.500. The van der Waals surface area contributed by atoms with Gasteiger partial charge in [0.15, 0.2) is 0 Å². The third-order valence-electron chi connectivity index (χ3n) is 3.14. The van der Waals surface area contributed by atoms with E-state index < -0.39 is 0 Å². The first-order chi connectivity index (χ1) is 7.68. The van der Waals surface area contributed by atoms with Gasteiger partial charge in [-0.3, -0.25) is 4.98 Å². The van der Waals surface area contributed by atoms with Crippen LogP contribution in [0.15, 0.2) is 18.3 Å². The minimum Gasteiger partial charge on any atom is -0.388 e. The molecule has 0 aromatic carbocycles. The largest absolute Gasteiger partial charge is 0.388 e. The summed E-state index contributed by atoms with van der Waals surface area (Å²) in [5, 5.41) is 0. The maximum atomic E-state index is 5.69. The van der Waals surface area contributed by atoms with Crippen LogP contribution in [0.25, 0.3) is 0 Å². The molecule has 1 aliphatic heterocycles. The summed E-state index contributed by atoms with van der Waals surface area (Å²) in [6, 6.07) is 3.99. The van der Waals surface area contributed by atoms with Crippen molar-refractivity contribution in [1.82, 2.24) is 4.98 Å². The van der Waals surface area contributed by atoms with Crippen LogP contribution in [0.3, 0.4) is 0 Å². The van der Waals surface area contributed by atoms with Crippen LogP contribution < -0.4 is 10.6 Å². The number of rotatable bonds is 2. The van der Waals surface area contributed by atoms with Gasteiger partial charge in [0, 0.05) is 19.3 Å². The number of anilines is 1. The van der Waals surface area contributed by atoms with Crippen molar-refractivity contribution in [1.29, 1.82) is 0 Å². The number of hydrogen-bond acceptors (Lipinski definition) is 3. The quantitative estimate of drug-likeness (QED) is 0.796. The van der Waals surface area contributed by atoms with Crippen LogP contribution in [0.4, 0.5) is 5.69 Å².